The zero-order valence-corrected chi connectivity index (χ0v) is 12.5. The average Bonchev–Trinajstić information content (AvgIpc) is 2.47. The second-order valence-corrected chi connectivity index (χ2v) is 3.56. The van der Waals surface area contributed by atoms with Gasteiger partial charge in [0.2, 0.25) is 5.56 Å². The van der Waals surface area contributed by atoms with E-state index in [2.05, 4.69) is 0 Å². The summed E-state index contributed by atoms with van der Waals surface area (Å²) in [6.45, 7) is 9.72. The Balaban J connectivity index is 0.000000741. The molecule has 4 heteroatoms. The van der Waals surface area contributed by atoms with Crippen molar-refractivity contribution in [2.45, 2.75) is 34.6 Å². The van der Waals surface area contributed by atoms with Gasteiger partial charge in [0.05, 0.1) is 5.52 Å². The molecule has 0 N–H and O–H groups in total. The van der Waals surface area contributed by atoms with Crippen LogP contribution in [0.1, 0.15) is 33.3 Å². The second-order valence-electron chi connectivity index (χ2n) is 3.56. The van der Waals surface area contributed by atoms with Gasteiger partial charge in [0.1, 0.15) is 13.7 Å². The zero-order chi connectivity index (χ0) is 15.2. The van der Waals surface area contributed by atoms with Crippen molar-refractivity contribution in [2.75, 3.05) is 0 Å². The van der Waals surface area contributed by atoms with Gasteiger partial charge in [-0.15, -0.1) is 0 Å². The molecule has 2 nitrogen and oxygen atoms in total. The van der Waals surface area contributed by atoms with Crippen molar-refractivity contribution in [2.24, 2.45) is 7.05 Å². The Bertz CT molecular complexity index is 605. The highest BCUT2D eigenvalue weighted by Gasteiger charge is 2.08. The van der Waals surface area contributed by atoms with Gasteiger partial charge in [-0.25, -0.2) is 4.39 Å². The summed E-state index contributed by atoms with van der Waals surface area (Å²) >= 11 is 0. The van der Waals surface area contributed by atoms with Crippen LogP contribution >= 0.6 is 0 Å². The van der Waals surface area contributed by atoms with Crippen LogP contribution < -0.4 is 11.0 Å². The number of rotatable bonds is 0. The average molecular weight is 261 g/mol. The van der Waals surface area contributed by atoms with Crippen molar-refractivity contribution < 1.29 is 4.39 Å². The van der Waals surface area contributed by atoms with E-state index in [9.17, 15) is 9.18 Å². The highest BCUT2D eigenvalue weighted by Crippen LogP contribution is 2.15. The van der Waals surface area contributed by atoms with Gasteiger partial charge < -0.3 is 4.57 Å². The van der Waals surface area contributed by atoms with Crippen LogP contribution in [0, 0.1) is 12.7 Å². The Kier molecular flexibility index (Phi) is 7.13. The fourth-order valence-electron chi connectivity index (χ4n) is 1.70. The van der Waals surface area contributed by atoms with E-state index in [1.54, 1.807) is 20.0 Å². The fraction of sp³-hybridized carbons (Fsp3) is 0.400. The van der Waals surface area contributed by atoms with E-state index in [0.29, 0.717) is 16.5 Å². The molecule has 0 atom stereocenters. The van der Waals surface area contributed by atoms with E-state index in [1.807, 2.05) is 27.7 Å². The highest BCUT2D eigenvalue weighted by atomic mass is 19.1. The topological polar surface area (TPSA) is 22.0 Å². The Morgan fingerprint density at radius 1 is 1.16 bits per heavy atom. The molecule has 2 rings (SSSR count). The number of pyridine rings is 1. The summed E-state index contributed by atoms with van der Waals surface area (Å²) in [5.41, 5.74) is 1.25. The van der Waals surface area contributed by atoms with Crippen LogP contribution in [0.2, 0.25) is 0 Å². The summed E-state index contributed by atoms with van der Waals surface area (Å²) in [6, 6.07) is 4.30. The molecule has 0 saturated heterocycles. The third-order valence-corrected chi connectivity index (χ3v) is 2.66. The first kappa shape index (κ1) is 17.4. The Morgan fingerprint density at radius 3 is 2.21 bits per heavy atom. The third kappa shape index (κ3) is 3.46. The molecule has 0 spiro atoms. The van der Waals surface area contributed by atoms with Gasteiger partial charge in [0.15, 0.2) is 0 Å². The molecule has 1 aromatic carbocycles. The lowest BCUT2D eigenvalue weighted by atomic mass is 9.90. The summed E-state index contributed by atoms with van der Waals surface area (Å²) < 4.78 is 14.5. The molecule has 2 radical (unpaired) electrons. The number of nitrogens with zero attached hydrogens (tertiary/aromatic N) is 1. The van der Waals surface area contributed by atoms with Crippen LogP contribution in [0.15, 0.2) is 23.0 Å². The van der Waals surface area contributed by atoms with Gasteiger partial charge in [0, 0.05) is 12.4 Å². The van der Waals surface area contributed by atoms with Crippen LogP contribution in [0.3, 0.4) is 0 Å². The lowest BCUT2D eigenvalue weighted by molar-refractivity contribution is 0.629. The smallest absolute Gasteiger partial charge is 0.243 e. The van der Waals surface area contributed by atoms with Crippen molar-refractivity contribution in [1.82, 2.24) is 4.57 Å². The summed E-state index contributed by atoms with van der Waals surface area (Å²) in [5, 5.41) is 0.676. The van der Waals surface area contributed by atoms with Crippen molar-refractivity contribution in [3.05, 3.63) is 39.9 Å². The number of aryl methyl sites for hydroxylation is 2. The van der Waals surface area contributed by atoms with E-state index >= 15 is 0 Å². The summed E-state index contributed by atoms with van der Waals surface area (Å²) in [6.07, 6.45) is 0. The molecular formula is C15H21BFNO. The fourth-order valence-corrected chi connectivity index (χ4v) is 1.70. The van der Waals surface area contributed by atoms with Crippen molar-refractivity contribution in [3.8, 4) is 0 Å². The van der Waals surface area contributed by atoms with Crippen molar-refractivity contribution in [1.29, 1.82) is 0 Å². The van der Waals surface area contributed by atoms with Gasteiger partial charge in [0.25, 0.3) is 0 Å². The zero-order valence-electron chi connectivity index (χ0n) is 12.5. The van der Waals surface area contributed by atoms with Crippen LogP contribution in [0.4, 0.5) is 4.39 Å². The summed E-state index contributed by atoms with van der Waals surface area (Å²) in [7, 11) is 7.27. The van der Waals surface area contributed by atoms with Crippen LogP contribution in [-0.4, -0.2) is 12.4 Å². The summed E-state index contributed by atoms with van der Waals surface area (Å²) in [4.78, 5) is 11.6. The number of halogens is 1. The first-order valence-electron chi connectivity index (χ1n) is 6.56. The summed E-state index contributed by atoms with van der Waals surface area (Å²) in [5.74, 6) is -0.330. The predicted octanol–water partition coefficient (Wildman–Crippen LogP) is 2.83. The number of fused-ring (bicyclic) bond motifs is 1. The molecule has 0 aliphatic heterocycles. The Hall–Kier alpha value is -1.58. The van der Waals surface area contributed by atoms with Gasteiger partial charge in [-0.05, 0) is 36.1 Å². The molecule has 2 aromatic rings. The normalized spacial score (nSPS) is 9.21. The van der Waals surface area contributed by atoms with Crippen LogP contribution in [-0.2, 0) is 7.05 Å². The van der Waals surface area contributed by atoms with E-state index in [1.165, 1.54) is 16.7 Å². The first-order chi connectivity index (χ1) is 9.02. The standard InChI is InChI=1S/C11H9BFNO.2C2H6/c1-6-8-5-7(13)3-4-9(8)14(2)11(15)10(6)12;2*1-2/h3-5H,1-2H3;2*1-2H3. The van der Waals surface area contributed by atoms with Gasteiger partial charge in [-0.1, -0.05) is 27.7 Å². The minimum atomic E-state index is -0.330. The van der Waals surface area contributed by atoms with Gasteiger partial charge in [-0.2, -0.15) is 0 Å². The molecule has 0 aliphatic carbocycles. The minimum absolute atomic E-state index is 0.176. The highest BCUT2D eigenvalue weighted by molar-refractivity contribution is 6.34. The molecule has 19 heavy (non-hydrogen) atoms. The van der Waals surface area contributed by atoms with E-state index in [0.717, 1.165) is 0 Å². The molecule has 0 bridgehead atoms. The van der Waals surface area contributed by atoms with E-state index in [-0.39, 0.29) is 16.8 Å². The lowest BCUT2D eigenvalue weighted by Gasteiger charge is -2.10. The van der Waals surface area contributed by atoms with Crippen molar-refractivity contribution >= 4 is 24.2 Å². The monoisotopic (exact) mass is 261 g/mol. The first-order valence-corrected chi connectivity index (χ1v) is 6.56. The SMILES string of the molecule is CC.CC.[B]c1c(C)c2cc(F)ccc2n(C)c1=O. The van der Waals surface area contributed by atoms with E-state index < -0.39 is 0 Å². The molecule has 102 valence electrons. The molecule has 0 aliphatic rings. The molecule has 1 heterocycles. The molecule has 0 saturated carbocycles. The van der Waals surface area contributed by atoms with Crippen LogP contribution in [0.25, 0.3) is 10.9 Å². The number of aromatic nitrogens is 1. The molecule has 1 aromatic heterocycles. The maximum Gasteiger partial charge on any atom is 0.243 e. The van der Waals surface area contributed by atoms with Crippen LogP contribution in [0.5, 0.6) is 0 Å². The maximum atomic E-state index is 13.1. The third-order valence-electron chi connectivity index (χ3n) is 2.66. The molecule has 0 amide bonds. The Labute approximate surface area is 115 Å². The number of hydrogen-bond acceptors (Lipinski definition) is 1. The molecule has 0 fully saturated rings. The lowest BCUT2D eigenvalue weighted by Crippen LogP contribution is -2.35. The van der Waals surface area contributed by atoms with Gasteiger partial charge in [-0.3, -0.25) is 4.79 Å². The molecular weight excluding hydrogens is 240 g/mol. The quantitative estimate of drug-likeness (QED) is 0.668. The van der Waals surface area contributed by atoms with Gasteiger partial charge >= 0.3 is 0 Å². The maximum absolute atomic E-state index is 13.1. The van der Waals surface area contributed by atoms with Crippen molar-refractivity contribution in [3.63, 3.8) is 0 Å². The Morgan fingerprint density at radius 2 is 1.68 bits per heavy atom. The second kappa shape index (κ2) is 7.77. The van der Waals surface area contributed by atoms with E-state index in [4.69, 9.17) is 7.85 Å². The molecule has 0 unspecified atom stereocenters. The predicted molar refractivity (Wildman–Crippen MR) is 82.0 cm³/mol. The number of hydrogen-bond donors (Lipinski definition) is 0. The number of benzene rings is 1. The largest absolute Gasteiger partial charge is 0.312 e. The minimum Gasteiger partial charge on any atom is -0.312 e.